The lowest BCUT2D eigenvalue weighted by atomic mass is 10.0. The summed E-state index contributed by atoms with van der Waals surface area (Å²) >= 11 is 3.42. The molecule has 0 aliphatic rings. The normalized spacial score (nSPS) is 12.9. The Bertz CT molecular complexity index is 533. The first kappa shape index (κ1) is 11.4. The van der Waals surface area contributed by atoms with Crippen molar-refractivity contribution in [3.05, 3.63) is 34.4 Å². The van der Waals surface area contributed by atoms with Crippen molar-refractivity contribution in [2.75, 3.05) is 0 Å². The molecule has 4 heteroatoms. The highest BCUT2D eigenvalue weighted by Crippen LogP contribution is 2.23. The molecule has 84 valence electrons. The van der Waals surface area contributed by atoms with Crippen LogP contribution < -0.4 is 5.73 Å². The zero-order valence-electron chi connectivity index (χ0n) is 8.96. The van der Waals surface area contributed by atoms with Crippen LogP contribution in [0.4, 0.5) is 0 Å². The van der Waals surface area contributed by atoms with E-state index in [-0.39, 0.29) is 5.78 Å². The van der Waals surface area contributed by atoms with Gasteiger partial charge in [0.05, 0.1) is 6.04 Å². The van der Waals surface area contributed by atoms with E-state index < -0.39 is 6.04 Å². The lowest BCUT2D eigenvalue weighted by Gasteiger charge is -2.06. The molecule has 0 spiro atoms. The number of carbonyl (C=O) groups excluding carboxylic acids is 1. The third-order valence-corrected chi connectivity index (χ3v) is 3.18. The Morgan fingerprint density at radius 1 is 1.56 bits per heavy atom. The molecular weight excluding hydrogens is 268 g/mol. The number of carbonyl (C=O) groups is 1. The van der Waals surface area contributed by atoms with Crippen molar-refractivity contribution >= 4 is 32.6 Å². The number of nitrogens with one attached hydrogen (secondary N) is 1. The molecule has 0 saturated carbocycles. The SMILES string of the molecule is CC(=O)[C@@H](N)Cc1c[nH]c2cc(Br)ccc12. The van der Waals surface area contributed by atoms with E-state index in [1.807, 2.05) is 24.4 Å². The molecule has 2 aromatic rings. The van der Waals surface area contributed by atoms with E-state index in [0.717, 1.165) is 20.9 Å². The fraction of sp³-hybridized carbons (Fsp3) is 0.250. The van der Waals surface area contributed by atoms with E-state index in [2.05, 4.69) is 20.9 Å². The fourth-order valence-corrected chi connectivity index (χ4v) is 2.07. The zero-order chi connectivity index (χ0) is 11.7. The van der Waals surface area contributed by atoms with Crippen LogP contribution in [-0.4, -0.2) is 16.8 Å². The minimum Gasteiger partial charge on any atom is -0.361 e. The maximum absolute atomic E-state index is 11.1. The molecule has 1 atom stereocenters. The van der Waals surface area contributed by atoms with E-state index in [4.69, 9.17) is 5.73 Å². The van der Waals surface area contributed by atoms with Crippen LogP contribution in [0, 0.1) is 0 Å². The third kappa shape index (κ3) is 2.18. The van der Waals surface area contributed by atoms with Crippen LogP contribution in [0.15, 0.2) is 28.9 Å². The number of ketones is 1. The quantitative estimate of drug-likeness (QED) is 0.907. The number of hydrogen-bond acceptors (Lipinski definition) is 2. The number of fused-ring (bicyclic) bond motifs is 1. The van der Waals surface area contributed by atoms with Crippen LogP contribution in [0.2, 0.25) is 0 Å². The first-order valence-electron chi connectivity index (χ1n) is 5.09. The van der Waals surface area contributed by atoms with Crippen LogP contribution >= 0.6 is 15.9 Å². The number of benzene rings is 1. The van der Waals surface area contributed by atoms with E-state index >= 15 is 0 Å². The lowest BCUT2D eigenvalue weighted by Crippen LogP contribution is -2.30. The van der Waals surface area contributed by atoms with Crippen molar-refractivity contribution in [1.82, 2.24) is 4.98 Å². The van der Waals surface area contributed by atoms with Gasteiger partial charge in [-0.1, -0.05) is 22.0 Å². The Balaban J connectivity index is 2.35. The Morgan fingerprint density at radius 3 is 3.00 bits per heavy atom. The number of halogens is 1. The van der Waals surface area contributed by atoms with Crippen molar-refractivity contribution in [2.45, 2.75) is 19.4 Å². The molecular formula is C12H13BrN2O. The molecule has 0 saturated heterocycles. The van der Waals surface area contributed by atoms with Crippen molar-refractivity contribution in [2.24, 2.45) is 5.73 Å². The second kappa shape index (κ2) is 4.39. The van der Waals surface area contributed by atoms with E-state index in [1.165, 1.54) is 6.92 Å². The Hall–Kier alpha value is -1.13. The predicted octanol–water partition coefficient (Wildman–Crippen LogP) is 2.39. The molecule has 0 fully saturated rings. The first-order chi connectivity index (χ1) is 7.58. The minimum atomic E-state index is -0.414. The van der Waals surface area contributed by atoms with Crippen molar-refractivity contribution in [3.8, 4) is 0 Å². The van der Waals surface area contributed by atoms with Crippen LogP contribution in [-0.2, 0) is 11.2 Å². The number of rotatable bonds is 3. The van der Waals surface area contributed by atoms with Gasteiger partial charge in [0.25, 0.3) is 0 Å². The summed E-state index contributed by atoms with van der Waals surface area (Å²) in [6, 6.07) is 5.61. The summed E-state index contributed by atoms with van der Waals surface area (Å²) in [5.74, 6) is 0.0199. The number of H-pyrrole nitrogens is 1. The van der Waals surface area contributed by atoms with Gasteiger partial charge in [0.2, 0.25) is 0 Å². The van der Waals surface area contributed by atoms with Gasteiger partial charge in [-0.25, -0.2) is 0 Å². The largest absolute Gasteiger partial charge is 0.361 e. The van der Waals surface area contributed by atoms with Crippen LogP contribution in [0.3, 0.4) is 0 Å². The molecule has 2 rings (SSSR count). The van der Waals surface area contributed by atoms with Gasteiger partial charge in [-0.2, -0.15) is 0 Å². The molecule has 0 amide bonds. The van der Waals surface area contributed by atoms with Gasteiger partial charge in [0.15, 0.2) is 0 Å². The second-order valence-corrected chi connectivity index (χ2v) is 4.84. The molecule has 0 bridgehead atoms. The minimum absolute atomic E-state index is 0.0199. The standard InChI is InChI=1S/C12H13BrN2O/c1-7(16)11(14)4-8-6-15-12-5-9(13)2-3-10(8)12/h2-3,5-6,11,15H,4,14H2,1H3/t11-/m0/s1. The molecule has 3 N–H and O–H groups in total. The molecule has 0 radical (unpaired) electrons. The van der Waals surface area contributed by atoms with Crippen molar-refractivity contribution in [3.63, 3.8) is 0 Å². The smallest absolute Gasteiger partial charge is 0.146 e. The van der Waals surface area contributed by atoms with Crippen molar-refractivity contribution in [1.29, 1.82) is 0 Å². The van der Waals surface area contributed by atoms with Gasteiger partial charge >= 0.3 is 0 Å². The Labute approximate surface area is 102 Å². The predicted molar refractivity (Wildman–Crippen MR) is 68.4 cm³/mol. The molecule has 1 aromatic carbocycles. The fourth-order valence-electron chi connectivity index (χ4n) is 1.71. The van der Waals surface area contributed by atoms with Gasteiger partial charge in [-0.05, 0) is 31.0 Å². The average Bonchev–Trinajstić information content (AvgIpc) is 2.60. The van der Waals surface area contributed by atoms with Crippen LogP contribution in [0.1, 0.15) is 12.5 Å². The van der Waals surface area contributed by atoms with Crippen LogP contribution in [0.25, 0.3) is 10.9 Å². The molecule has 16 heavy (non-hydrogen) atoms. The van der Waals surface area contributed by atoms with E-state index in [1.54, 1.807) is 0 Å². The summed E-state index contributed by atoms with van der Waals surface area (Å²) in [5.41, 5.74) is 7.90. The maximum atomic E-state index is 11.1. The number of nitrogens with two attached hydrogens (primary N) is 1. The Kier molecular flexibility index (Phi) is 3.12. The molecule has 1 heterocycles. The number of aromatic amines is 1. The third-order valence-electron chi connectivity index (χ3n) is 2.69. The van der Waals surface area contributed by atoms with Gasteiger partial charge in [-0.3, -0.25) is 4.79 Å². The summed E-state index contributed by atoms with van der Waals surface area (Å²) in [5, 5.41) is 1.12. The number of Topliss-reactive ketones (excluding diaryl/α,β-unsaturated/α-hetero) is 1. The first-order valence-corrected chi connectivity index (χ1v) is 5.89. The summed E-state index contributed by atoms with van der Waals surface area (Å²) in [6.45, 7) is 1.52. The highest BCUT2D eigenvalue weighted by atomic mass is 79.9. The Morgan fingerprint density at radius 2 is 2.31 bits per heavy atom. The molecule has 1 aromatic heterocycles. The lowest BCUT2D eigenvalue weighted by molar-refractivity contribution is -0.118. The number of hydrogen-bond donors (Lipinski definition) is 2. The average molecular weight is 281 g/mol. The van der Waals surface area contributed by atoms with Gasteiger partial charge < -0.3 is 10.7 Å². The molecule has 3 nitrogen and oxygen atoms in total. The molecule has 0 unspecified atom stereocenters. The van der Waals surface area contributed by atoms with Gasteiger partial charge in [0.1, 0.15) is 5.78 Å². The summed E-state index contributed by atoms with van der Waals surface area (Å²) in [7, 11) is 0. The van der Waals surface area contributed by atoms with Gasteiger partial charge in [-0.15, -0.1) is 0 Å². The van der Waals surface area contributed by atoms with Gasteiger partial charge in [0, 0.05) is 21.6 Å². The maximum Gasteiger partial charge on any atom is 0.146 e. The van der Waals surface area contributed by atoms with E-state index in [9.17, 15) is 4.79 Å². The highest BCUT2D eigenvalue weighted by molar-refractivity contribution is 9.10. The summed E-state index contributed by atoms with van der Waals surface area (Å²) in [4.78, 5) is 14.3. The van der Waals surface area contributed by atoms with Crippen LogP contribution in [0.5, 0.6) is 0 Å². The molecule has 0 aliphatic carbocycles. The van der Waals surface area contributed by atoms with Crippen molar-refractivity contribution < 1.29 is 4.79 Å². The second-order valence-electron chi connectivity index (χ2n) is 3.93. The summed E-state index contributed by atoms with van der Waals surface area (Å²) < 4.78 is 1.03. The van der Waals surface area contributed by atoms with E-state index in [0.29, 0.717) is 6.42 Å². The molecule has 0 aliphatic heterocycles. The number of aromatic nitrogens is 1. The monoisotopic (exact) mass is 280 g/mol. The summed E-state index contributed by atoms with van der Waals surface area (Å²) in [6.07, 6.45) is 2.50. The topological polar surface area (TPSA) is 58.9 Å². The highest BCUT2D eigenvalue weighted by Gasteiger charge is 2.12. The zero-order valence-corrected chi connectivity index (χ0v) is 10.5.